The van der Waals surface area contributed by atoms with Gasteiger partial charge in [0.15, 0.2) is 5.43 Å². The Morgan fingerprint density at radius 3 is 2.23 bits per heavy atom. The fourth-order valence-electron chi connectivity index (χ4n) is 2.96. The van der Waals surface area contributed by atoms with Gasteiger partial charge >= 0.3 is 10.1 Å². The van der Waals surface area contributed by atoms with Gasteiger partial charge in [0.1, 0.15) is 22.5 Å². The predicted octanol–water partition coefficient (Wildman–Crippen LogP) is 2.88. The van der Waals surface area contributed by atoms with Crippen LogP contribution in [0, 0.1) is 0 Å². The number of fused-ring (bicyclic) bond motifs is 1. The Morgan fingerprint density at radius 1 is 0.806 bits per heavy atom. The Morgan fingerprint density at radius 2 is 1.52 bits per heavy atom. The summed E-state index contributed by atoms with van der Waals surface area (Å²) in [6, 6.07) is 17.4. The van der Waals surface area contributed by atoms with Crippen LogP contribution in [0.3, 0.4) is 0 Å². The largest absolute Gasteiger partial charge is 0.463 e. The minimum absolute atomic E-state index is 0.107. The summed E-state index contributed by atoms with van der Waals surface area (Å²) in [5, 5.41) is 5.30. The molecule has 0 atom stereocenters. The first-order valence-corrected chi connectivity index (χ1v) is 11.8. The van der Waals surface area contributed by atoms with Crippen LogP contribution in [0.1, 0.15) is 0 Å². The molecule has 0 fully saturated rings. The molecule has 0 aliphatic rings. The van der Waals surface area contributed by atoms with Crippen molar-refractivity contribution < 1.29 is 25.4 Å². The molecule has 0 bridgehead atoms. The summed E-state index contributed by atoms with van der Waals surface area (Å²) >= 11 is 0. The fourth-order valence-corrected chi connectivity index (χ4v) is 4.56. The lowest BCUT2D eigenvalue weighted by molar-refractivity contribution is 0.485. The van der Waals surface area contributed by atoms with Gasteiger partial charge in [0.05, 0.1) is 15.8 Å². The highest BCUT2D eigenvalue weighted by Crippen LogP contribution is 2.26. The molecule has 4 aromatic rings. The van der Waals surface area contributed by atoms with Gasteiger partial charge < -0.3 is 8.60 Å². The topological polar surface area (TPSA) is 134 Å². The number of benzene rings is 3. The van der Waals surface area contributed by atoms with Crippen molar-refractivity contribution in [1.29, 1.82) is 0 Å². The first-order chi connectivity index (χ1) is 14.6. The molecule has 1 aromatic heterocycles. The van der Waals surface area contributed by atoms with E-state index in [0.717, 1.165) is 6.07 Å². The summed E-state index contributed by atoms with van der Waals surface area (Å²) in [6.07, 6.45) is 1.30. The zero-order valence-corrected chi connectivity index (χ0v) is 17.4. The van der Waals surface area contributed by atoms with Gasteiger partial charge in [0.2, 0.25) is 10.0 Å². The quantitative estimate of drug-likeness (QED) is 0.455. The van der Waals surface area contributed by atoms with Crippen LogP contribution in [0.4, 0.5) is 0 Å². The first kappa shape index (κ1) is 20.8. The minimum atomic E-state index is -4.37. The number of hydrogen-bond acceptors (Lipinski definition) is 7. The zero-order chi connectivity index (χ0) is 22.2. The third-order valence-corrected chi connectivity index (χ3v) is 6.61. The minimum Gasteiger partial charge on any atom is -0.463 e. The summed E-state index contributed by atoms with van der Waals surface area (Å²) in [7, 11) is -8.45. The second-order valence-electron chi connectivity index (χ2n) is 6.56. The summed E-state index contributed by atoms with van der Waals surface area (Å²) in [4.78, 5) is 12.0. The molecule has 0 aliphatic heterocycles. The van der Waals surface area contributed by atoms with E-state index in [-0.39, 0.29) is 31.9 Å². The predicted molar refractivity (Wildman–Crippen MR) is 114 cm³/mol. The van der Waals surface area contributed by atoms with Crippen LogP contribution >= 0.6 is 0 Å². The van der Waals surface area contributed by atoms with Gasteiger partial charge in [-0.25, -0.2) is 13.6 Å². The molecule has 0 radical (unpaired) electrons. The molecule has 1 heterocycles. The number of nitrogens with two attached hydrogens (primary N) is 1. The van der Waals surface area contributed by atoms with Crippen molar-refractivity contribution in [3.05, 3.63) is 89.3 Å². The monoisotopic (exact) mass is 457 g/mol. The van der Waals surface area contributed by atoms with Crippen molar-refractivity contribution in [2.24, 2.45) is 5.14 Å². The SMILES string of the molecule is NS(=O)(=O)c1cccc(S(=O)(=O)Oc2ccc3c(=O)c(-c4ccccc4)coc3c2)c1. The number of hydrogen-bond donors (Lipinski definition) is 1. The van der Waals surface area contributed by atoms with E-state index in [1.165, 1.54) is 42.7 Å². The lowest BCUT2D eigenvalue weighted by Gasteiger charge is -2.09. The maximum Gasteiger partial charge on any atom is 0.339 e. The van der Waals surface area contributed by atoms with Crippen LogP contribution in [-0.4, -0.2) is 16.8 Å². The first-order valence-electron chi connectivity index (χ1n) is 8.83. The Bertz CT molecular complexity index is 1560. The molecule has 3 aromatic carbocycles. The van der Waals surface area contributed by atoms with E-state index in [1.54, 1.807) is 24.3 Å². The molecule has 0 aliphatic carbocycles. The van der Waals surface area contributed by atoms with E-state index < -0.39 is 20.1 Å². The van der Waals surface area contributed by atoms with Gasteiger partial charge in [-0.15, -0.1) is 0 Å². The molecule has 158 valence electrons. The molecule has 0 saturated carbocycles. The molecule has 31 heavy (non-hydrogen) atoms. The van der Waals surface area contributed by atoms with Crippen molar-refractivity contribution in [3.63, 3.8) is 0 Å². The zero-order valence-electron chi connectivity index (χ0n) is 15.8. The molecule has 4 rings (SSSR count). The van der Waals surface area contributed by atoms with E-state index in [4.69, 9.17) is 13.7 Å². The molecule has 0 saturated heterocycles. The van der Waals surface area contributed by atoms with E-state index in [2.05, 4.69) is 0 Å². The molecule has 0 unspecified atom stereocenters. The maximum atomic E-state index is 12.8. The Labute approximate surface area is 177 Å². The van der Waals surface area contributed by atoms with Crippen molar-refractivity contribution in [3.8, 4) is 16.9 Å². The van der Waals surface area contributed by atoms with Crippen molar-refractivity contribution in [1.82, 2.24) is 0 Å². The standard InChI is InChI=1S/C21H15NO7S2/c22-30(24,25)16-7-4-8-17(12-16)31(26,27)29-15-9-10-18-20(11-15)28-13-19(21(18)23)14-5-2-1-3-6-14/h1-13H,(H2,22,24,25). The molecular weight excluding hydrogens is 442 g/mol. The third-order valence-electron chi connectivity index (χ3n) is 4.46. The average Bonchev–Trinajstić information content (AvgIpc) is 2.74. The van der Waals surface area contributed by atoms with Crippen LogP contribution < -0.4 is 14.8 Å². The van der Waals surface area contributed by atoms with Crippen LogP contribution in [0.5, 0.6) is 5.75 Å². The van der Waals surface area contributed by atoms with Gasteiger partial charge in [-0.1, -0.05) is 36.4 Å². The number of rotatable bonds is 5. The van der Waals surface area contributed by atoms with Gasteiger partial charge in [0.25, 0.3) is 0 Å². The van der Waals surface area contributed by atoms with Gasteiger partial charge in [0, 0.05) is 6.07 Å². The highest BCUT2D eigenvalue weighted by atomic mass is 32.2. The number of sulfonamides is 1. The second kappa shape index (κ2) is 7.65. The normalized spacial score (nSPS) is 12.0. The summed E-state index contributed by atoms with van der Waals surface area (Å²) in [5.41, 5.74) is 0.920. The van der Waals surface area contributed by atoms with Crippen LogP contribution in [-0.2, 0) is 20.1 Å². The van der Waals surface area contributed by atoms with Crippen molar-refractivity contribution >= 4 is 31.1 Å². The molecule has 2 N–H and O–H groups in total. The molecule has 0 spiro atoms. The fraction of sp³-hybridized carbons (Fsp3) is 0. The second-order valence-corrected chi connectivity index (χ2v) is 9.67. The van der Waals surface area contributed by atoms with Gasteiger partial charge in [-0.3, -0.25) is 4.79 Å². The summed E-state index contributed by atoms with van der Waals surface area (Å²) in [6.45, 7) is 0. The summed E-state index contributed by atoms with van der Waals surface area (Å²) < 4.78 is 58.7. The van der Waals surface area contributed by atoms with Crippen LogP contribution in [0.2, 0.25) is 0 Å². The molecule has 8 nitrogen and oxygen atoms in total. The average molecular weight is 457 g/mol. The Kier molecular flexibility index (Phi) is 5.13. The number of primary sulfonamides is 1. The van der Waals surface area contributed by atoms with Crippen LogP contribution in [0.25, 0.3) is 22.1 Å². The van der Waals surface area contributed by atoms with Gasteiger partial charge in [-0.05, 0) is 35.9 Å². The lowest BCUT2D eigenvalue weighted by atomic mass is 10.1. The lowest BCUT2D eigenvalue weighted by Crippen LogP contribution is -2.14. The van der Waals surface area contributed by atoms with Gasteiger partial charge in [-0.2, -0.15) is 8.42 Å². The Hall–Kier alpha value is -3.47. The maximum absolute atomic E-state index is 12.8. The van der Waals surface area contributed by atoms with Crippen molar-refractivity contribution in [2.75, 3.05) is 0 Å². The summed E-state index contributed by atoms with van der Waals surface area (Å²) in [5.74, 6) is -0.107. The third kappa shape index (κ3) is 4.22. The smallest absolute Gasteiger partial charge is 0.339 e. The highest BCUT2D eigenvalue weighted by molar-refractivity contribution is 7.89. The van der Waals surface area contributed by atoms with Crippen LogP contribution in [0.15, 0.2) is 98.1 Å². The van der Waals surface area contributed by atoms with Crippen molar-refractivity contribution in [2.45, 2.75) is 9.79 Å². The van der Waals surface area contributed by atoms with E-state index in [9.17, 15) is 21.6 Å². The van der Waals surface area contributed by atoms with E-state index in [1.807, 2.05) is 6.07 Å². The molecular formula is C21H15NO7S2. The Balaban J connectivity index is 1.70. The molecule has 10 heteroatoms. The van der Waals surface area contributed by atoms with E-state index >= 15 is 0 Å². The highest BCUT2D eigenvalue weighted by Gasteiger charge is 2.20. The van der Waals surface area contributed by atoms with E-state index in [0.29, 0.717) is 11.1 Å². The molecule has 0 amide bonds.